The van der Waals surface area contributed by atoms with E-state index in [1.54, 1.807) is 0 Å². The number of nitrogens with two attached hydrogens (primary N) is 1. The minimum absolute atomic E-state index is 0.186. The fourth-order valence-electron chi connectivity index (χ4n) is 1.55. The number of rotatable bonds is 1. The molecule has 0 saturated carbocycles. The van der Waals surface area contributed by atoms with Gasteiger partial charge in [0.05, 0.1) is 5.56 Å². The van der Waals surface area contributed by atoms with E-state index in [-0.39, 0.29) is 11.4 Å². The molecule has 1 aromatic carbocycles. The monoisotopic (exact) mass is 256 g/mol. The Morgan fingerprint density at radius 3 is 2.28 bits per heavy atom. The molecule has 2 rings (SSSR count). The molecule has 2 N–H and O–H groups in total. The van der Waals surface area contributed by atoms with Crippen molar-refractivity contribution in [2.45, 2.75) is 6.18 Å². The van der Waals surface area contributed by atoms with Gasteiger partial charge in [0.15, 0.2) is 0 Å². The third kappa shape index (κ3) is 2.42. The summed E-state index contributed by atoms with van der Waals surface area (Å²) in [5.74, 6) is -1.11. The number of alkyl halides is 3. The molecule has 18 heavy (non-hydrogen) atoms. The zero-order valence-corrected chi connectivity index (χ0v) is 9.00. The van der Waals surface area contributed by atoms with E-state index in [9.17, 15) is 17.6 Å². The highest BCUT2D eigenvalue weighted by molar-refractivity contribution is 5.66. The second-order valence-electron chi connectivity index (χ2n) is 3.66. The highest BCUT2D eigenvalue weighted by atomic mass is 19.4. The molecule has 6 heteroatoms. The van der Waals surface area contributed by atoms with Gasteiger partial charge in [-0.05, 0) is 35.4 Å². The van der Waals surface area contributed by atoms with Crippen molar-refractivity contribution in [3.05, 3.63) is 47.9 Å². The van der Waals surface area contributed by atoms with Crippen LogP contribution in [0.3, 0.4) is 0 Å². The van der Waals surface area contributed by atoms with Crippen LogP contribution in [0.5, 0.6) is 0 Å². The Kier molecular flexibility index (Phi) is 2.94. The number of benzene rings is 1. The van der Waals surface area contributed by atoms with E-state index < -0.39 is 17.6 Å². The first kappa shape index (κ1) is 12.3. The molecule has 0 unspecified atom stereocenters. The molecule has 1 heterocycles. The average molecular weight is 256 g/mol. The summed E-state index contributed by atoms with van der Waals surface area (Å²) in [5, 5.41) is 0. The first-order valence-corrected chi connectivity index (χ1v) is 4.96. The maximum Gasteiger partial charge on any atom is 0.419 e. The van der Waals surface area contributed by atoms with Gasteiger partial charge in [-0.25, -0.2) is 9.37 Å². The Bertz CT molecular complexity index is 579. The molecule has 2 aromatic rings. The van der Waals surface area contributed by atoms with Crippen molar-refractivity contribution in [1.29, 1.82) is 0 Å². The first-order valence-electron chi connectivity index (χ1n) is 4.96. The van der Waals surface area contributed by atoms with Gasteiger partial charge in [-0.3, -0.25) is 0 Å². The highest BCUT2D eigenvalue weighted by Gasteiger charge is 2.34. The van der Waals surface area contributed by atoms with Crippen LogP contribution in [0.2, 0.25) is 0 Å². The quantitative estimate of drug-likeness (QED) is 0.793. The second kappa shape index (κ2) is 4.29. The Hall–Kier alpha value is -2.11. The third-order valence-corrected chi connectivity index (χ3v) is 2.39. The smallest absolute Gasteiger partial charge is 0.384 e. The molecule has 0 saturated heterocycles. The van der Waals surface area contributed by atoms with Gasteiger partial charge >= 0.3 is 6.18 Å². The van der Waals surface area contributed by atoms with Crippen LogP contribution in [0.1, 0.15) is 5.56 Å². The van der Waals surface area contributed by atoms with Gasteiger partial charge in [0.2, 0.25) is 0 Å². The van der Waals surface area contributed by atoms with Gasteiger partial charge in [0.25, 0.3) is 0 Å². The molecule has 0 amide bonds. The average Bonchev–Trinajstić information content (AvgIpc) is 2.28. The number of hydrogen-bond acceptors (Lipinski definition) is 2. The van der Waals surface area contributed by atoms with Crippen molar-refractivity contribution >= 4 is 5.82 Å². The topological polar surface area (TPSA) is 38.9 Å². The van der Waals surface area contributed by atoms with E-state index in [4.69, 9.17) is 5.73 Å². The fraction of sp³-hybridized carbons (Fsp3) is 0.0833. The number of nitrogens with zero attached hydrogens (tertiary/aromatic N) is 1. The van der Waals surface area contributed by atoms with Gasteiger partial charge in [-0.2, -0.15) is 13.2 Å². The molecule has 2 nitrogen and oxygen atoms in total. The lowest BCUT2D eigenvalue weighted by molar-refractivity contribution is -0.139. The lowest BCUT2D eigenvalue weighted by Gasteiger charge is -2.10. The van der Waals surface area contributed by atoms with Crippen molar-refractivity contribution < 1.29 is 17.6 Å². The summed E-state index contributed by atoms with van der Waals surface area (Å²) < 4.78 is 50.7. The van der Waals surface area contributed by atoms with Crippen LogP contribution in [-0.4, -0.2) is 4.98 Å². The number of anilines is 1. The van der Waals surface area contributed by atoms with E-state index in [0.717, 1.165) is 12.1 Å². The van der Waals surface area contributed by atoms with E-state index >= 15 is 0 Å². The maximum atomic E-state index is 13.1. The van der Waals surface area contributed by atoms with Crippen molar-refractivity contribution in [2.75, 3.05) is 5.73 Å². The summed E-state index contributed by atoms with van der Waals surface area (Å²) >= 11 is 0. The highest BCUT2D eigenvalue weighted by Crippen LogP contribution is 2.34. The molecule has 0 bridgehead atoms. The Balaban J connectivity index is 2.54. The molecule has 0 atom stereocenters. The molecule has 0 spiro atoms. The van der Waals surface area contributed by atoms with Crippen molar-refractivity contribution in [1.82, 2.24) is 4.98 Å². The maximum absolute atomic E-state index is 13.1. The van der Waals surface area contributed by atoms with E-state index in [1.807, 2.05) is 0 Å². The lowest BCUT2D eigenvalue weighted by atomic mass is 10.0. The molecule has 0 fully saturated rings. The number of halogens is 4. The zero-order valence-electron chi connectivity index (χ0n) is 9.00. The summed E-state index contributed by atoms with van der Waals surface area (Å²) in [4.78, 5) is 3.74. The normalized spacial score (nSPS) is 11.6. The van der Waals surface area contributed by atoms with E-state index in [2.05, 4.69) is 4.98 Å². The van der Waals surface area contributed by atoms with Gasteiger partial charge in [0.1, 0.15) is 11.6 Å². The second-order valence-corrected chi connectivity index (χ2v) is 3.66. The van der Waals surface area contributed by atoms with Crippen LogP contribution < -0.4 is 5.73 Å². The molecule has 0 aliphatic rings. The predicted molar refractivity (Wildman–Crippen MR) is 59.0 cm³/mol. The number of nitrogen functional groups attached to an aromatic ring is 1. The van der Waals surface area contributed by atoms with Crippen LogP contribution in [0.4, 0.5) is 23.4 Å². The van der Waals surface area contributed by atoms with E-state index in [1.165, 1.54) is 24.4 Å². The summed E-state index contributed by atoms with van der Waals surface area (Å²) in [6.07, 6.45) is -3.35. The van der Waals surface area contributed by atoms with Crippen LogP contribution in [0.15, 0.2) is 36.5 Å². The minimum Gasteiger partial charge on any atom is -0.384 e. The van der Waals surface area contributed by atoms with Crippen molar-refractivity contribution in [2.24, 2.45) is 0 Å². The van der Waals surface area contributed by atoms with Crippen molar-refractivity contribution in [3.63, 3.8) is 0 Å². The fourth-order valence-corrected chi connectivity index (χ4v) is 1.55. The van der Waals surface area contributed by atoms with Gasteiger partial charge in [-0.15, -0.1) is 0 Å². The lowest BCUT2D eigenvalue weighted by Crippen LogP contribution is -2.08. The Morgan fingerprint density at radius 2 is 1.67 bits per heavy atom. The molecule has 1 aromatic heterocycles. The SMILES string of the molecule is Nc1cc(-c2ccc(F)c(C(F)(F)F)c2)ccn1. The molecule has 0 radical (unpaired) electrons. The van der Waals surface area contributed by atoms with Gasteiger partial charge in [0, 0.05) is 6.20 Å². The van der Waals surface area contributed by atoms with Crippen LogP contribution >= 0.6 is 0 Å². The van der Waals surface area contributed by atoms with Crippen LogP contribution in [0, 0.1) is 5.82 Å². The number of pyridine rings is 1. The van der Waals surface area contributed by atoms with Gasteiger partial charge < -0.3 is 5.73 Å². The Morgan fingerprint density at radius 1 is 1.00 bits per heavy atom. The summed E-state index contributed by atoms with van der Waals surface area (Å²) in [5.41, 5.74) is 4.83. The third-order valence-electron chi connectivity index (χ3n) is 2.39. The van der Waals surface area contributed by atoms with Crippen LogP contribution in [0.25, 0.3) is 11.1 Å². The van der Waals surface area contributed by atoms with Crippen LogP contribution in [-0.2, 0) is 6.18 Å². The standard InChI is InChI=1S/C12H8F4N2/c13-10-2-1-7(5-9(10)12(14,15)16)8-3-4-18-11(17)6-8/h1-6H,(H2,17,18). The first-order chi connectivity index (χ1) is 8.38. The minimum atomic E-state index is -4.72. The number of hydrogen-bond donors (Lipinski definition) is 1. The molecule has 0 aliphatic heterocycles. The zero-order chi connectivity index (χ0) is 13.3. The molecular weight excluding hydrogens is 248 g/mol. The summed E-state index contributed by atoms with van der Waals surface area (Å²) in [7, 11) is 0. The molecule has 94 valence electrons. The van der Waals surface area contributed by atoms with Crippen molar-refractivity contribution in [3.8, 4) is 11.1 Å². The molecular formula is C12H8F4N2. The largest absolute Gasteiger partial charge is 0.419 e. The van der Waals surface area contributed by atoms with E-state index in [0.29, 0.717) is 5.56 Å². The van der Waals surface area contributed by atoms with Gasteiger partial charge in [-0.1, -0.05) is 6.07 Å². The number of aromatic nitrogens is 1. The predicted octanol–water partition coefficient (Wildman–Crippen LogP) is 3.49. The molecule has 0 aliphatic carbocycles. The summed E-state index contributed by atoms with van der Waals surface area (Å²) in [6.45, 7) is 0. The Labute approximate surface area is 100 Å². The summed E-state index contributed by atoms with van der Waals surface area (Å²) in [6, 6.07) is 5.73.